The number of anilines is 1. The van der Waals surface area contributed by atoms with Gasteiger partial charge in [-0.1, -0.05) is 30.7 Å². The van der Waals surface area contributed by atoms with Crippen molar-refractivity contribution in [1.29, 1.82) is 0 Å². The summed E-state index contributed by atoms with van der Waals surface area (Å²) < 4.78 is 5.11. The van der Waals surface area contributed by atoms with Gasteiger partial charge in [0.15, 0.2) is 6.10 Å². The summed E-state index contributed by atoms with van der Waals surface area (Å²) in [5.74, 6) is -1.30. The molecule has 2 amide bonds. The molecule has 148 valence electrons. The van der Waals surface area contributed by atoms with E-state index in [9.17, 15) is 14.4 Å². The summed E-state index contributed by atoms with van der Waals surface area (Å²) in [6.07, 6.45) is -0.0656. The smallest absolute Gasteiger partial charge is 0.308 e. The molecule has 0 saturated carbocycles. The molecule has 2 aromatic rings. The maximum absolute atomic E-state index is 12.1. The van der Waals surface area contributed by atoms with Crippen LogP contribution in [0.15, 0.2) is 48.5 Å². The number of hydrogen-bond acceptors (Lipinski definition) is 4. The van der Waals surface area contributed by atoms with E-state index in [0.717, 1.165) is 12.0 Å². The molecule has 0 radical (unpaired) electrons. The Hall–Kier alpha value is -2.86. The van der Waals surface area contributed by atoms with Crippen molar-refractivity contribution in [2.45, 2.75) is 32.8 Å². The van der Waals surface area contributed by atoms with Gasteiger partial charge in [0.05, 0.1) is 6.42 Å². The molecule has 2 aromatic carbocycles. The van der Waals surface area contributed by atoms with Gasteiger partial charge < -0.3 is 15.4 Å². The van der Waals surface area contributed by atoms with Crippen molar-refractivity contribution in [2.75, 3.05) is 11.9 Å². The molecule has 0 bridgehead atoms. The standard InChI is InChI=1S/C21H23ClN2O4/c1-3-15-4-10-18(11-5-15)24-20(26)14(2)28-19(25)12-13-23-21(27)16-6-8-17(22)9-7-16/h4-11,14H,3,12-13H2,1-2H3,(H,23,27)(H,24,26)/t14-/m0/s1. The summed E-state index contributed by atoms with van der Waals surface area (Å²) in [4.78, 5) is 36.0. The lowest BCUT2D eigenvalue weighted by atomic mass is 10.1. The summed E-state index contributed by atoms with van der Waals surface area (Å²) in [5.41, 5.74) is 2.25. The lowest BCUT2D eigenvalue weighted by Gasteiger charge is -2.14. The Kier molecular flexibility index (Phi) is 8.02. The maximum atomic E-state index is 12.1. The van der Waals surface area contributed by atoms with Crippen LogP contribution < -0.4 is 10.6 Å². The summed E-state index contributed by atoms with van der Waals surface area (Å²) in [6.45, 7) is 3.65. The Labute approximate surface area is 169 Å². The first-order valence-electron chi connectivity index (χ1n) is 9.02. The summed E-state index contributed by atoms with van der Waals surface area (Å²) in [5, 5.41) is 5.86. The molecular formula is C21H23ClN2O4. The second-order valence-electron chi connectivity index (χ2n) is 6.18. The number of esters is 1. The normalized spacial score (nSPS) is 11.4. The van der Waals surface area contributed by atoms with E-state index in [1.165, 1.54) is 6.92 Å². The van der Waals surface area contributed by atoms with Gasteiger partial charge in [-0.25, -0.2) is 0 Å². The molecule has 0 aliphatic heterocycles. The highest BCUT2D eigenvalue weighted by molar-refractivity contribution is 6.30. The Morgan fingerprint density at radius 2 is 1.68 bits per heavy atom. The number of aryl methyl sites for hydroxylation is 1. The molecule has 2 N–H and O–H groups in total. The maximum Gasteiger partial charge on any atom is 0.308 e. The molecule has 0 aliphatic rings. The molecular weight excluding hydrogens is 380 g/mol. The van der Waals surface area contributed by atoms with E-state index in [-0.39, 0.29) is 18.9 Å². The van der Waals surface area contributed by atoms with Crippen molar-refractivity contribution < 1.29 is 19.1 Å². The van der Waals surface area contributed by atoms with Crippen LogP contribution in [0.5, 0.6) is 0 Å². The highest BCUT2D eigenvalue weighted by atomic mass is 35.5. The second kappa shape index (κ2) is 10.5. The third-order valence-electron chi connectivity index (χ3n) is 4.03. The Balaban J connectivity index is 1.72. The molecule has 6 nitrogen and oxygen atoms in total. The number of ether oxygens (including phenoxy) is 1. The van der Waals surface area contributed by atoms with Crippen LogP contribution in [0.4, 0.5) is 5.69 Å². The van der Waals surface area contributed by atoms with Crippen LogP contribution in [0.25, 0.3) is 0 Å². The molecule has 0 aromatic heterocycles. The molecule has 0 spiro atoms. The molecule has 0 unspecified atom stereocenters. The lowest BCUT2D eigenvalue weighted by Crippen LogP contribution is -2.32. The van der Waals surface area contributed by atoms with E-state index < -0.39 is 18.0 Å². The van der Waals surface area contributed by atoms with E-state index >= 15 is 0 Å². The van der Waals surface area contributed by atoms with Gasteiger partial charge >= 0.3 is 5.97 Å². The van der Waals surface area contributed by atoms with Crippen molar-refractivity contribution in [3.05, 3.63) is 64.7 Å². The van der Waals surface area contributed by atoms with Crippen LogP contribution in [-0.2, 0) is 20.7 Å². The number of rotatable bonds is 8. The summed E-state index contributed by atoms with van der Waals surface area (Å²) in [7, 11) is 0. The Morgan fingerprint density at radius 3 is 2.29 bits per heavy atom. The van der Waals surface area contributed by atoms with Gasteiger partial charge in [-0.05, 0) is 55.3 Å². The Bertz CT molecular complexity index is 819. The monoisotopic (exact) mass is 402 g/mol. The fraction of sp³-hybridized carbons (Fsp3) is 0.286. The fourth-order valence-electron chi connectivity index (χ4n) is 2.36. The van der Waals surface area contributed by atoms with Gasteiger partial charge in [0.25, 0.3) is 11.8 Å². The quantitative estimate of drug-likeness (QED) is 0.661. The first kappa shape index (κ1) is 21.4. The highest BCUT2D eigenvalue weighted by Gasteiger charge is 2.18. The summed E-state index contributed by atoms with van der Waals surface area (Å²) >= 11 is 5.78. The summed E-state index contributed by atoms with van der Waals surface area (Å²) in [6, 6.07) is 13.9. The van der Waals surface area contributed by atoms with E-state index in [4.69, 9.17) is 16.3 Å². The number of carbonyl (C=O) groups is 3. The van der Waals surface area contributed by atoms with Crippen molar-refractivity contribution in [1.82, 2.24) is 5.32 Å². The van der Waals surface area contributed by atoms with Crippen LogP contribution >= 0.6 is 11.6 Å². The number of carbonyl (C=O) groups excluding carboxylic acids is 3. The van der Waals surface area contributed by atoms with Crippen molar-refractivity contribution >= 4 is 35.1 Å². The average Bonchev–Trinajstić information content (AvgIpc) is 2.68. The molecule has 2 rings (SSSR count). The molecule has 0 saturated heterocycles. The third kappa shape index (κ3) is 6.70. The number of halogens is 1. The van der Waals surface area contributed by atoms with Gasteiger partial charge in [0.1, 0.15) is 0 Å². The number of hydrogen-bond donors (Lipinski definition) is 2. The van der Waals surface area contributed by atoms with E-state index in [1.54, 1.807) is 36.4 Å². The molecule has 0 heterocycles. The zero-order valence-corrected chi connectivity index (χ0v) is 16.6. The van der Waals surface area contributed by atoms with Gasteiger partial charge in [-0.15, -0.1) is 0 Å². The van der Waals surface area contributed by atoms with E-state index in [2.05, 4.69) is 10.6 Å². The lowest BCUT2D eigenvalue weighted by molar-refractivity contribution is -0.153. The minimum atomic E-state index is -0.940. The third-order valence-corrected chi connectivity index (χ3v) is 4.28. The van der Waals surface area contributed by atoms with Gasteiger partial charge in [-0.3, -0.25) is 14.4 Å². The van der Waals surface area contributed by atoms with Crippen LogP contribution in [0.1, 0.15) is 36.2 Å². The topological polar surface area (TPSA) is 84.5 Å². The molecule has 28 heavy (non-hydrogen) atoms. The van der Waals surface area contributed by atoms with Crippen LogP contribution in [0.3, 0.4) is 0 Å². The predicted molar refractivity (Wildman–Crippen MR) is 108 cm³/mol. The average molecular weight is 403 g/mol. The van der Waals surface area contributed by atoms with Crippen LogP contribution in [-0.4, -0.2) is 30.4 Å². The van der Waals surface area contributed by atoms with Crippen molar-refractivity contribution in [3.8, 4) is 0 Å². The van der Waals surface area contributed by atoms with Crippen molar-refractivity contribution in [2.24, 2.45) is 0 Å². The van der Waals surface area contributed by atoms with Gasteiger partial charge in [0, 0.05) is 22.8 Å². The molecule has 0 aliphatic carbocycles. The van der Waals surface area contributed by atoms with Crippen molar-refractivity contribution in [3.63, 3.8) is 0 Å². The minimum Gasteiger partial charge on any atom is -0.452 e. The zero-order valence-electron chi connectivity index (χ0n) is 15.8. The number of benzene rings is 2. The number of nitrogens with one attached hydrogen (secondary N) is 2. The zero-order chi connectivity index (χ0) is 20.5. The highest BCUT2D eigenvalue weighted by Crippen LogP contribution is 2.11. The first-order chi connectivity index (χ1) is 13.4. The fourth-order valence-corrected chi connectivity index (χ4v) is 2.48. The van der Waals surface area contributed by atoms with E-state index in [1.807, 2.05) is 19.1 Å². The van der Waals surface area contributed by atoms with Crippen LogP contribution in [0.2, 0.25) is 5.02 Å². The predicted octanol–water partition coefficient (Wildman–Crippen LogP) is 3.59. The SMILES string of the molecule is CCc1ccc(NC(=O)[C@H](C)OC(=O)CCNC(=O)c2ccc(Cl)cc2)cc1. The largest absolute Gasteiger partial charge is 0.452 e. The van der Waals surface area contributed by atoms with Gasteiger partial charge in [0.2, 0.25) is 0 Å². The second-order valence-corrected chi connectivity index (χ2v) is 6.62. The molecule has 0 fully saturated rings. The Morgan fingerprint density at radius 1 is 1.04 bits per heavy atom. The minimum absolute atomic E-state index is 0.0395. The molecule has 7 heteroatoms. The first-order valence-corrected chi connectivity index (χ1v) is 9.40. The molecule has 1 atom stereocenters. The van der Waals surface area contributed by atoms with E-state index in [0.29, 0.717) is 16.3 Å². The van der Waals surface area contributed by atoms with Gasteiger partial charge in [-0.2, -0.15) is 0 Å². The number of amides is 2. The van der Waals surface area contributed by atoms with Crippen LogP contribution in [0, 0.1) is 0 Å².